The van der Waals surface area contributed by atoms with Gasteiger partial charge in [-0.15, -0.1) is 16.4 Å². The number of benzene rings is 1. The van der Waals surface area contributed by atoms with Gasteiger partial charge in [-0.1, -0.05) is 18.7 Å². The van der Waals surface area contributed by atoms with Gasteiger partial charge in [-0.2, -0.15) is 0 Å². The largest absolute Gasteiger partial charge is 0.493 e. The number of hydrogen-bond acceptors (Lipinski definition) is 7. The Bertz CT molecular complexity index is 832. The van der Waals surface area contributed by atoms with Crippen molar-refractivity contribution in [3.8, 4) is 22.1 Å². The number of H-pyrrole nitrogens is 1. The Morgan fingerprint density at radius 1 is 1.20 bits per heavy atom. The normalized spacial score (nSPS) is 10.8. The Balaban J connectivity index is 1.70. The molecule has 3 aromatic rings. The van der Waals surface area contributed by atoms with Gasteiger partial charge in [0, 0.05) is 23.1 Å². The summed E-state index contributed by atoms with van der Waals surface area (Å²) in [7, 11) is 1.65. The molecule has 6 nitrogen and oxygen atoms in total. The van der Waals surface area contributed by atoms with Gasteiger partial charge in [0.2, 0.25) is 5.16 Å². The number of nitrogens with one attached hydrogen (secondary N) is 1. The van der Waals surface area contributed by atoms with Crippen LogP contribution in [0.1, 0.15) is 25.4 Å². The van der Waals surface area contributed by atoms with E-state index in [0.717, 1.165) is 50.9 Å². The van der Waals surface area contributed by atoms with E-state index in [0.29, 0.717) is 6.61 Å². The maximum atomic E-state index is 5.56. The highest BCUT2D eigenvalue weighted by molar-refractivity contribution is 7.98. The van der Waals surface area contributed by atoms with Crippen molar-refractivity contribution in [1.29, 1.82) is 0 Å². The topological polar surface area (TPSA) is 72.9 Å². The van der Waals surface area contributed by atoms with Crippen LogP contribution in [0, 0.1) is 0 Å². The number of thioether (sulfide) groups is 1. The Labute approximate surface area is 155 Å². The molecule has 1 aromatic carbocycles. The van der Waals surface area contributed by atoms with E-state index in [1.807, 2.05) is 32.0 Å². The van der Waals surface area contributed by atoms with E-state index in [1.54, 1.807) is 30.2 Å². The zero-order chi connectivity index (χ0) is 17.6. The van der Waals surface area contributed by atoms with Gasteiger partial charge in [0.25, 0.3) is 0 Å². The van der Waals surface area contributed by atoms with Crippen LogP contribution in [0.25, 0.3) is 10.6 Å². The molecule has 0 amide bonds. The fraction of sp³-hybridized carbons (Fsp3) is 0.353. The predicted molar refractivity (Wildman–Crippen MR) is 101 cm³/mol. The van der Waals surface area contributed by atoms with Gasteiger partial charge in [0.15, 0.2) is 11.5 Å². The first kappa shape index (κ1) is 17.8. The lowest BCUT2D eigenvalue weighted by Gasteiger charge is -2.09. The summed E-state index contributed by atoms with van der Waals surface area (Å²) in [5.74, 6) is 3.12. The zero-order valence-corrected chi connectivity index (χ0v) is 16.0. The van der Waals surface area contributed by atoms with Gasteiger partial charge >= 0.3 is 0 Å². The first-order chi connectivity index (χ1) is 12.2. The molecule has 25 heavy (non-hydrogen) atoms. The van der Waals surface area contributed by atoms with Gasteiger partial charge in [-0.3, -0.25) is 5.10 Å². The van der Waals surface area contributed by atoms with Crippen LogP contribution < -0.4 is 9.47 Å². The molecule has 0 spiro atoms. The molecule has 0 unspecified atom stereocenters. The molecule has 132 valence electrons. The van der Waals surface area contributed by atoms with Crippen LogP contribution in [-0.2, 0) is 12.2 Å². The summed E-state index contributed by atoms with van der Waals surface area (Å²) in [4.78, 5) is 9.11. The van der Waals surface area contributed by atoms with Crippen molar-refractivity contribution in [2.75, 3.05) is 13.7 Å². The summed E-state index contributed by atoms with van der Waals surface area (Å²) in [6, 6.07) is 5.89. The van der Waals surface area contributed by atoms with Crippen molar-refractivity contribution < 1.29 is 9.47 Å². The minimum atomic E-state index is 0.606. The van der Waals surface area contributed by atoms with Crippen molar-refractivity contribution in [1.82, 2.24) is 20.2 Å². The highest BCUT2D eigenvalue weighted by atomic mass is 32.2. The third kappa shape index (κ3) is 4.32. The maximum Gasteiger partial charge on any atom is 0.208 e. The smallest absolute Gasteiger partial charge is 0.208 e. The third-order valence-corrected chi connectivity index (χ3v) is 5.28. The molecule has 0 aliphatic carbocycles. The van der Waals surface area contributed by atoms with E-state index in [2.05, 4.69) is 20.6 Å². The summed E-state index contributed by atoms with van der Waals surface area (Å²) < 4.78 is 11.0. The fourth-order valence-corrected chi connectivity index (χ4v) is 3.85. The second-order valence-corrected chi connectivity index (χ2v) is 6.95. The number of rotatable bonds is 8. The van der Waals surface area contributed by atoms with E-state index in [1.165, 1.54) is 0 Å². The fourth-order valence-electron chi connectivity index (χ4n) is 2.22. The first-order valence-electron chi connectivity index (χ1n) is 8.03. The lowest BCUT2D eigenvalue weighted by atomic mass is 10.2. The van der Waals surface area contributed by atoms with Gasteiger partial charge in [-0.05, 0) is 25.1 Å². The van der Waals surface area contributed by atoms with Crippen LogP contribution >= 0.6 is 23.1 Å². The summed E-state index contributed by atoms with van der Waals surface area (Å²) in [6.07, 6.45) is 0.855. The van der Waals surface area contributed by atoms with E-state index in [9.17, 15) is 0 Å². The average Bonchev–Trinajstić information content (AvgIpc) is 3.29. The number of hydrogen-bond donors (Lipinski definition) is 1. The molecule has 0 saturated heterocycles. The second-order valence-electron chi connectivity index (χ2n) is 5.15. The number of methoxy groups -OCH3 is 1. The molecule has 0 bridgehead atoms. The second kappa shape index (κ2) is 8.35. The van der Waals surface area contributed by atoms with E-state index in [4.69, 9.17) is 14.5 Å². The highest BCUT2D eigenvalue weighted by Crippen LogP contribution is 2.34. The van der Waals surface area contributed by atoms with Crippen molar-refractivity contribution in [2.24, 2.45) is 0 Å². The SMILES string of the molecule is CCOc1ccc(-c2nc(CSc3n[nH]c(CC)n3)cs2)cc1OC. The molecule has 3 rings (SSSR count). The monoisotopic (exact) mass is 376 g/mol. The highest BCUT2D eigenvalue weighted by Gasteiger charge is 2.11. The Kier molecular flexibility index (Phi) is 5.93. The lowest BCUT2D eigenvalue weighted by molar-refractivity contribution is 0.311. The lowest BCUT2D eigenvalue weighted by Crippen LogP contribution is -1.95. The molecule has 0 aliphatic rings. The number of aryl methyl sites for hydroxylation is 1. The van der Waals surface area contributed by atoms with Crippen molar-refractivity contribution in [3.63, 3.8) is 0 Å². The Morgan fingerprint density at radius 2 is 2.08 bits per heavy atom. The number of aromatic amines is 1. The standard InChI is InChI=1S/C17H20N4O2S2/c1-4-15-19-17(21-20-15)25-10-12-9-24-16(18-12)11-6-7-13(23-5-2)14(8-11)22-3/h6-9H,4-5,10H2,1-3H3,(H,19,20,21). The van der Waals surface area contributed by atoms with Gasteiger partial charge in [-0.25, -0.2) is 9.97 Å². The van der Waals surface area contributed by atoms with Crippen molar-refractivity contribution in [3.05, 3.63) is 35.1 Å². The molecular formula is C17H20N4O2S2. The minimum absolute atomic E-state index is 0.606. The average molecular weight is 377 g/mol. The van der Waals surface area contributed by atoms with Crippen molar-refractivity contribution in [2.45, 2.75) is 31.2 Å². The zero-order valence-electron chi connectivity index (χ0n) is 14.4. The Morgan fingerprint density at radius 3 is 2.80 bits per heavy atom. The Hall–Kier alpha value is -2.06. The molecule has 0 saturated carbocycles. The molecule has 0 atom stereocenters. The molecule has 0 radical (unpaired) electrons. The van der Waals surface area contributed by atoms with E-state index in [-0.39, 0.29) is 0 Å². The van der Waals surface area contributed by atoms with Crippen molar-refractivity contribution >= 4 is 23.1 Å². The quantitative estimate of drug-likeness (QED) is 0.594. The summed E-state index contributed by atoms with van der Waals surface area (Å²) in [5, 5.41) is 10.9. The van der Waals surface area contributed by atoms with Gasteiger partial charge < -0.3 is 9.47 Å². The summed E-state index contributed by atoms with van der Waals surface area (Å²) in [6.45, 7) is 4.61. The molecule has 0 fully saturated rings. The van der Waals surface area contributed by atoms with Crippen LogP contribution in [0.4, 0.5) is 0 Å². The van der Waals surface area contributed by atoms with E-state index >= 15 is 0 Å². The van der Waals surface area contributed by atoms with Crippen LogP contribution in [0.15, 0.2) is 28.7 Å². The van der Waals surface area contributed by atoms with Crippen LogP contribution in [0.2, 0.25) is 0 Å². The van der Waals surface area contributed by atoms with Crippen LogP contribution in [0.5, 0.6) is 11.5 Å². The molecular weight excluding hydrogens is 356 g/mol. The third-order valence-electron chi connectivity index (χ3n) is 3.46. The number of ether oxygens (including phenoxy) is 2. The number of nitrogens with zero attached hydrogens (tertiary/aromatic N) is 3. The molecule has 8 heteroatoms. The van der Waals surface area contributed by atoms with Crippen LogP contribution in [0.3, 0.4) is 0 Å². The predicted octanol–water partition coefficient (Wildman–Crippen LogP) is 4.19. The molecule has 2 heterocycles. The molecule has 0 aliphatic heterocycles. The number of aromatic nitrogens is 4. The van der Waals surface area contributed by atoms with E-state index < -0.39 is 0 Å². The first-order valence-corrected chi connectivity index (χ1v) is 9.89. The minimum Gasteiger partial charge on any atom is -0.493 e. The van der Waals surface area contributed by atoms with Gasteiger partial charge in [0.05, 0.1) is 19.4 Å². The molecule has 1 N–H and O–H groups in total. The van der Waals surface area contributed by atoms with Gasteiger partial charge in [0.1, 0.15) is 10.8 Å². The summed E-state index contributed by atoms with van der Waals surface area (Å²) >= 11 is 3.20. The van der Waals surface area contributed by atoms with Crippen LogP contribution in [-0.4, -0.2) is 33.9 Å². The molecule has 2 aromatic heterocycles. The summed E-state index contributed by atoms with van der Waals surface area (Å²) in [5.41, 5.74) is 2.04. The maximum absolute atomic E-state index is 5.56. The number of thiazole rings is 1.